The molecular formula is C12H17NO5. The van der Waals surface area contributed by atoms with E-state index < -0.39 is 11.9 Å². The van der Waals surface area contributed by atoms with Gasteiger partial charge in [0.15, 0.2) is 0 Å². The number of rotatable bonds is 7. The van der Waals surface area contributed by atoms with Gasteiger partial charge in [-0.2, -0.15) is 0 Å². The lowest BCUT2D eigenvalue weighted by atomic mass is 10.2. The molecule has 0 unspecified atom stereocenters. The summed E-state index contributed by atoms with van der Waals surface area (Å²) in [5, 5.41) is 17.8. The van der Waals surface area contributed by atoms with Gasteiger partial charge in [-0.1, -0.05) is 13.3 Å². The van der Waals surface area contributed by atoms with Crippen LogP contribution in [0.15, 0.2) is 16.7 Å². The molecule has 0 aliphatic heterocycles. The van der Waals surface area contributed by atoms with Crippen molar-refractivity contribution in [2.75, 3.05) is 19.7 Å². The number of carbonyl (C=O) groups excluding carboxylic acids is 1. The Hall–Kier alpha value is -1.82. The van der Waals surface area contributed by atoms with Gasteiger partial charge in [0.25, 0.3) is 5.91 Å². The number of unbranched alkanes of at least 4 members (excludes halogenated alkanes) is 1. The van der Waals surface area contributed by atoms with Gasteiger partial charge >= 0.3 is 5.97 Å². The number of nitrogens with zero attached hydrogens (tertiary/aromatic N) is 1. The van der Waals surface area contributed by atoms with Crippen LogP contribution in [-0.2, 0) is 0 Å². The van der Waals surface area contributed by atoms with Crippen molar-refractivity contribution in [3.05, 3.63) is 23.7 Å². The Kier molecular flexibility index (Phi) is 5.38. The van der Waals surface area contributed by atoms with Gasteiger partial charge in [-0.25, -0.2) is 4.79 Å². The van der Waals surface area contributed by atoms with Gasteiger partial charge in [-0.15, -0.1) is 0 Å². The van der Waals surface area contributed by atoms with E-state index in [2.05, 4.69) is 0 Å². The summed E-state index contributed by atoms with van der Waals surface area (Å²) in [6.07, 6.45) is 2.86. The van der Waals surface area contributed by atoms with Crippen molar-refractivity contribution in [2.45, 2.75) is 19.8 Å². The quantitative estimate of drug-likeness (QED) is 0.764. The second kappa shape index (κ2) is 6.80. The number of amides is 1. The SMILES string of the molecule is CCCCN(CCO)C(=O)c1occc1C(=O)O. The van der Waals surface area contributed by atoms with Crippen molar-refractivity contribution >= 4 is 11.9 Å². The fourth-order valence-electron chi connectivity index (χ4n) is 1.57. The monoisotopic (exact) mass is 255 g/mol. The lowest BCUT2D eigenvalue weighted by Crippen LogP contribution is -2.35. The Morgan fingerprint density at radius 3 is 2.67 bits per heavy atom. The van der Waals surface area contributed by atoms with Crippen LogP contribution >= 0.6 is 0 Å². The highest BCUT2D eigenvalue weighted by atomic mass is 16.4. The second-order valence-electron chi connectivity index (χ2n) is 3.84. The molecule has 0 atom stereocenters. The van der Waals surface area contributed by atoms with Crippen molar-refractivity contribution in [3.8, 4) is 0 Å². The van der Waals surface area contributed by atoms with Crippen LogP contribution in [0.5, 0.6) is 0 Å². The van der Waals surface area contributed by atoms with Crippen LogP contribution in [0.3, 0.4) is 0 Å². The number of aromatic carboxylic acids is 1. The van der Waals surface area contributed by atoms with E-state index in [1.54, 1.807) is 0 Å². The maximum Gasteiger partial charge on any atom is 0.339 e. The van der Waals surface area contributed by atoms with Crippen molar-refractivity contribution in [3.63, 3.8) is 0 Å². The van der Waals surface area contributed by atoms with Gasteiger partial charge in [0.05, 0.1) is 12.9 Å². The van der Waals surface area contributed by atoms with Crippen LogP contribution < -0.4 is 0 Å². The van der Waals surface area contributed by atoms with Crippen molar-refractivity contribution in [1.29, 1.82) is 0 Å². The zero-order chi connectivity index (χ0) is 13.5. The molecular weight excluding hydrogens is 238 g/mol. The highest BCUT2D eigenvalue weighted by Gasteiger charge is 2.24. The Morgan fingerprint density at radius 1 is 1.39 bits per heavy atom. The molecule has 0 saturated carbocycles. The predicted octanol–water partition coefficient (Wildman–Crippen LogP) is 1.21. The second-order valence-corrected chi connectivity index (χ2v) is 3.84. The molecule has 0 bridgehead atoms. The van der Waals surface area contributed by atoms with Crippen LogP contribution in [0.1, 0.15) is 40.7 Å². The van der Waals surface area contributed by atoms with Gasteiger partial charge in [0.1, 0.15) is 5.56 Å². The summed E-state index contributed by atoms with van der Waals surface area (Å²) in [5.74, 6) is -1.89. The molecule has 0 saturated heterocycles. The number of aliphatic hydroxyl groups is 1. The minimum atomic E-state index is -1.20. The van der Waals surface area contributed by atoms with Crippen molar-refractivity contribution in [2.24, 2.45) is 0 Å². The van der Waals surface area contributed by atoms with E-state index in [4.69, 9.17) is 14.6 Å². The molecule has 6 nitrogen and oxygen atoms in total. The lowest BCUT2D eigenvalue weighted by molar-refractivity contribution is 0.0645. The maximum absolute atomic E-state index is 12.1. The first-order valence-corrected chi connectivity index (χ1v) is 5.82. The maximum atomic E-state index is 12.1. The standard InChI is InChI=1S/C12H17NO5/c1-2-3-5-13(6-7-14)11(15)10-9(12(16)17)4-8-18-10/h4,8,14H,2-3,5-7H2,1H3,(H,16,17). The molecule has 0 aliphatic rings. The highest BCUT2D eigenvalue weighted by molar-refractivity contribution is 6.02. The van der Waals surface area contributed by atoms with Gasteiger partial charge < -0.3 is 19.5 Å². The topological polar surface area (TPSA) is 91.0 Å². The molecule has 1 amide bonds. The van der Waals surface area contributed by atoms with Crippen LogP contribution in [-0.4, -0.2) is 46.7 Å². The minimum Gasteiger partial charge on any atom is -0.478 e. The summed E-state index contributed by atoms with van der Waals surface area (Å²) < 4.78 is 4.94. The molecule has 0 aromatic carbocycles. The summed E-state index contributed by atoms with van der Waals surface area (Å²) in [6.45, 7) is 2.45. The molecule has 0 radical (unpaired) electrons. The average molecular weight is 255 g/mol. The first-order valence-electron chi connectivity index (χ1n) is 5.82. The van der Waals surface area contributed by atoms with Gasteiger partial charge in [0, 0.05) is 13.1 Å². The molecule has 0 aliphatic carbocycles. The molecule has 6 heteroatoms. The van der Waals surface area contributed by atoms with Crippen LogP contribution in [0.2, 0.25) is 0 Å². The third kappa shape index (κ3) is 3.33. The normalized spacial score (nSPS) is 10.3. The highest BCUT2D eigenvalue weighted by Crippen LogP contribution is 2.14. The summed E-state index contributed by atoms with van der Waals surface area (Å²) >= 11 is 0. The fraction of sp³-hybridized carbons (Fsp3) is 0.500. The number of carbonyl (C=O) groups is 2. The van der Waals surface area contributed by atoms with Crippen LogP contribution in [0, 0.1) is 0 Å². The molecule has 0 spiro atoms. The smallest absolute Gasteiger partial charge is 0.339 e. The summed E-state index contributed by atoms with van der Waals surface area (Å²) in [6, 6.07) is 1.24. The van der Waals surface area contributed by atoms with E-state index in [1.165, 1.54) is 17.2 Å². The number of carboxylic acids is 1. The molecule has 100 valence electrons. The molecule has 18 heavy (non-hydrogen) atoms. The van der Waals surface area contributed by atoms with Gasteiger partial charge in [-0.3, -0.25) is 4.79 Å². The van der Waals surface area contributed by atoms with Crippen molar-refractivity contribution < 1.29 is 24.2 Å². The number of aliphatic hydroxyl groups excluding tert-OH is 1. The molecule has 1 heterocycles. The Bertz CT molecular complexity index is 412. The third-order valence-corrected chi connectivity index (χ3v) is 2.53. The largest absolute Gasteiger partial charge is 0.478 e. The Labute approximate surface area is 105 Å². The average Bonchev–Trinajstić information content (AvgIpc) is 2.82. The molecule has 2 N–H and O–H groups in total. The first kappa shape index (κ1) is 14.2. The molecule has 1 aromatic rings. The van der Waals surface area contributed by atoms with E-state index >= 15 is 0 Å². The van der Waals surface area contributed by atoms with Crippen molar-refractivity contribution in [1.82, 2.24) is 4.90 Å². The Morgan fingerprint density at radius 2 is 2.11 bits per heavy atom. The lowest BCUT2D eigenvalue weighted by Gasteiger charge is -2.20. The zero-order valence-electron chi connectivity index (χ0n) is 10.3. The predicted molar refractivity (Wildman–Crippen MR) is 63.6 cm³/mol. The molecule has 0 fully saturated rings. The molecule has 1 aromatic heterocycles. The summed E-state index contributed by atoms with van der Waals surface area (Å²) in [5.41, 5.74) is -0.153. The number of hydrogen-bond acceptors (Lipinski definition) is 4. The van der Waals surface area contributed by atoms with Crippen LogP contribution in [0.4, 0.5) is 0 Å². The van der Waals surface area contributed by atoms with Crippen LogP contribution in [0.25, 0.3) is 0 Å². The van der Waals surface area contributed by atoms with E-state index in [0.717, 1.165) is 12.8 Å². The Balaban J connectivity index is 2.87. The van der Waals surface area contributed by atoms with E-state index in [9.17, 15) is 9.59 Å². The first-order chi connectivity index (χ1) is 8.61. The van der Waals surface area contributed by atoms with Gasteiger partial charge in [0.2, 0.25) is 5.76 Å². The number of hydrogen-bond donors (Lipinski definition) is 2. The third-order valence-electron chi connectivity index (χ3n) is 2.53. The number of furan rings is 1. The molecule has 1 rings (SSSR count). The van der Waals surface area contributed by atoms with E-state index in [-0.39, 0.29) is 24.5 Å². The number of carboxylic acid groups (broad SMARTS) is 1. The summed E-state index contributed by atoms with van der Waals surface area (Å²) in [4.78, 5) is 24.4. The van der Waals surface area contributed by atoms with E-state index in [1.807, 2.05) is 6.92 Å². The van der Waals surface area contributed by atoms with Gasteiger partial charge in [-0.05, 0) is 12.5 Å². The summed E-state index contributed by atoms with van der Waals surface area (Å²) in [7, 11) is 0. The zero-order valence-corrected chi connectivity index (χ0v) is 10.3. The van der Waals surface area contributed by atoms with E-state index in [0.29, 0.717) is 6.54 Å². The fourth-order valence-corrected chi connectivity index (χ4v) is 1.57. The minimum absolute atomic E-state index is 0.153.